The van der Waals surface area contributed by atoms with Crippen molar-refractivity contribution >= 4 is 28.0 Å². The molecular formula is C22H17NO5. The second-order valence-corrected chi connectivity index (χ2v) is 6.49. The first kappa shape index (κ1) is 17.7. The van der Waals surface area contributed by atoms with Crippen LogP contribution in [-0.4, -0.2) is 18.1 Å². The van der Waals surface area contributed by atoms with Crippen molar-refractivity contribution in [2.24, 2.45) is 0 Å². The highest BCUT2D eigenvalue weighted by Gasteiger charge is 2.16. The Hall–Kier alpha value is -3.67. The van der Waals surface area contributed by atoms with Crippen LogP contribution in [0.5, 0.6) is 0 Å². The summed E-state index contributed by atoms with van der Waals surface area (Å²) < 4.78 is 10.3. The number of pyridine rings is 1. The summed E-state index contributed by atoms with van der Waals surface area (Å²) in [5.74, 6) is -0.806. The lowest BCUT2D eigenvalue weighted by molar-refractivity contribution is 0.0599. The highest BCUT2D eigenvalue weighted by atomic mass is 16.5. The number of benzene rings is 2. The lowest BCUT2D eigenvalue weighted by atomic mass is 10.0. The number of esters is 1. The molecule has 2 heterocycles. The average molecular weight is 375 g/mol. The van der Waals surface area contributed by atoms with E-state index in [-0.39, 0.29) is 22.1 Å². The van der Waals surface area contributed by atoms with E-state index in [0.29, 0.717) is 11.0 Å². The number of methoxy groups -OCH3 is 1. The molecule has 6 nitrogen and oxygen atoms in total. The molecule has 0 spiro atoms. The monoisotopic (exact) mass is 375 g/mol. The SMILES string of the molecule is COC(=O)c1cc2c(=O)c3cc(CCc4ccccc4)ccc3oc2[nH]c1=O. The number of H-pyrrole nitrogens is 1. The van der Waals surface area contributed by atoms with Gasteiger partial charge in [0.15, 0.2) is 0 Å². The maximum Gasteiger partial charge on any atom is 0.343 e. The molecule has 6 heteroatoms. The molecule has 0 saturated heterocycles. The van der Waals surface area contributed by atoms with Crippen molar-refractivity contribution in [3.63, 3.8) is 0 Å². The molecule has 0 unspecified atom stereocenters. The third-order valence-electron chi connectivity index (χ3n) is 4.70. The number of carbonyl (C=O) groups excluding carboxylic acids is 1. The number of carbonyl (C=O) groups is 1. The van der Waals surface area contributed by atoms with Gasteiger partial charge in [0, 0.05) is 0 Å². The Morgan fingerprint density at radius 2 is 1.71 bits per heavy atom. The molecule has 2 aromatic heterocycles. The van der Waals surface area contributed by atoms with Crippen LogP contribution in [-0.2, 0) is 17.6 Å². The van der Waals surface area contributed by atoms with Gasteiger partial charge < -0.3 is 9.15 Å². The van der Waals surface area contributed by atoms with E-state index in [0.717, 1.165) is 18.4 Å². The Labute approximate surface area is 159 Å². The van der Waals surface area contributed by atoms with Gasteiger partial charge in [-0.1, -0.05) is 36.4 Å². The number of aryl methyl sites for hydroxylation is 2. The summed E-state index contributed by atoms with van der Waals surface area (Å²) in [6.45, 7) is 0. The Morgan fingerprint density at radius 1 is 0.964 bits per heavy atom. The second-order valence-electron chi connectivity index (χ2n) is 6.49. The van der Waals surface area contributed by atoms with Gasteiger partial charge in [0.2, 0.25) is 11.1 Å². The number of aromatic nitrogens is 1. The van der Waals surface area contributed by atoms with Crippen LogP contribution < -0.4 is 11.0 Å². The van der Waals surface area contributed by atoms with E-state index in [9.17, 15) is 14.4 Å². The van der Waals surface area contributed by atoms with Gasteiger partial charge in [-0.05, 0) is 42.2 Å². The fourth-order valence-corrected chi connectivity index (χ4v) is 3.21. The van der Waals surface area contributed by atoms with E-state index in [2.05, 4.69) is 21.9 Å². The van der Waals surface area contributed by atoms with Gasteiger partial charge in [0.1, 0.15) is 11.1 Å². The summed E-state index contributed by atoms with van der Waals surface area (Å²) in [4.78, 5) is 39.2. The van der Waals surface area contributed by atoms with E-state index in [1.54, 1.807) is 12.1 Å². The van der Waals surface area contributed by atoms with Gasteiger partial charge in [-0.15, -0.1) is 0 Å². The Balaban J connectivity index is 1.79. The number of nitrogens with one attached hydrogen (secondary N) is 1. The summed E-state index contributed by atoms with van der Waals surface area (Å²) in [5, 5.41) is 0.536. The van der Waals surface area contributed by atoms with Crippen molar-refractivity contribution < 1.29 is 13.9 Å². The van der Waals surface area contributed by atoms with E-state index in [1.165, 1.54) is 18.7 Å². The minimum atomic E-state index is -0.806. The Morgan fingerprint density at radius 3 is 2.46 bits per heavy atom. The number of aromatic amines is 1. The first-order valence-corrected chi connectivity index (χ1v) is 8.82. The van der Waals surface area contributed by atoms with Crippen LogP contribution in [0.25, 0.3) is 22.1 Å². The zero-order valence-corrected chi connectivity index (χ0v) is 15.2. The predicted molar refractivity (Wildman–Crippen MR) is 106 cm³/mol. The number of rotatable bonds is 4. The normalized spacial score (nSPS) is 11.0. The maximum atomic E-state index is 13.0. The fourth-order valence-electron chi connectivity index (χ4n) is 3.21. The van der Waals surface area contributed by atoms with Crippen LogP contribution in [0.1, 0.15) is 21.5 Å². The molecule has 4 rings (SSSR count). The fraction of sp³-hybridized carbons (Fsp3) is 0.136. The number of fused-ring (bicyclic) bond motifs is 2. The molecule has 0 aliphatic carbocycles. The highest BCUT2D eigenvalue weighted by molar-refractivity contribution is 5.95. The van der Waals surface area contributed by atoms with Crippen LogP contribution >= 0.6 is 0 Å². The molecule has 28 heavy (non-hydrogen) atoms. The van der Waals surface area contributed by atoms with Crippen LogP contribution in [0.4, 0.5) is 0 Å². The van der Waals surface area contributed by atoms with Gasteiger partial charge in [-0.25, -0.2) is 4.79 Å². The molecule has 0 saturated carbocycles. The summed E-state index contributed by atoms with van der Waals surface area (Å²) in [5.41, 5.74) is 1.42. The van der Waals surface area contributed by atoms with Crippen molar-refractivity contribution in [2.45, 2.75) is 12.8 Å². The number of hydrogen-bond donors (Lipinski definition) is 1. The van der Waals surface area contributed by atoms with Gasteiger partial charge in [-0.3, -0.25) is 14.6 Å². The largest absolute Gasteiger partial charge is 0.465 e. The molecule has 140 valence electrons. The summed E-state index contributed by atoms with van der Waals surface area (Å²) in [6.07, 6.45) is 1.63. The molecule has 0 fully saturated rings. The zero-order chi connectivity index (χ0) is 19.7. The molecule has 4 aromatic rings. The summed E-state index contributed by atoms with van der Waals surface area (Å²) in [6, 6.07) is 16.7. The van der Waals surface area contributed by atoms with Crippen LogP contribution in [0.15, 0.2) is 68.6 Å². The third kappa shape index (κ3) is 3.20. The molecule has 0 aliphatic heterocycles. The van der Waals surface area contributed by atoms with E-state index in [1.807, 2.05) is 24.3 Å². The third-order valence-corrected chi connectivity index (χ3v) is 4.70. The lowest BCUT2D eigenvalue weighted by Gasteiger charge is -2.06. The number of hydrogen-bond acceptors (Lipinski definition) is 5. The van der Waals surface area contributed by atoms with Crippen LogP contribution in [0, 0.1) is 0 Å². The molecular weight excluding hydrogens is 358 g/mol. The van der Waals surface area contributed by atoms with Crippen LogP contribution in [0.3, 0.4) is 0 Å². The van der Waals surface area contributed by atoms with E-state index < -0.39 is 11.5 Å². The van der Waals surface area contributed by atoms with Crippen molar-refractivity contribution in [3.8, 4) is 0 Å². The van der Waals surface area contributed by atoms with Gasteiger partial charge in [0.25, 0.3) is 5.56 Å². The molecule has 1 N–H and O–H groups in total. The molecule has 0 aliphatic rings. The topological polar surface area (TPSA) is 89.4 Å². The van der Waals surface area contributed by atoms with Gasteiger partial charge in [-0.2, -0.15) is 0 Å². The van der Waals surface area contributed by atoms with Crippen molar-refractivity contribution in [1.29, 1.82) is 0 Å². The van der Waals surface area contributed by atoms with Crippen molar-refractivity contribution in [1.82, 2.24) is 4.98 Å². The highest BCUT2D eigenvalue weighted by Crippen LogP contribution is 2.19. The predicted octanol–water partition coefficient (Wildman–Crippen LogP) is 3.21. The molecule has 0 bridgehead atoms. The molecule has 0 atom stereocenters. The minimum absolute atomic E-state index is 0.0344. The lowest BCUT2D eigenvalue weighted by Crippen LogP contribution is -2.20. The first-order valence-electron chi connectivity index (χ1n) is 8.82. The standard InChI is InChI=1S/C22H17NO5/c1-27-22(26)17-12-16-19(24)15-11-14(8-7-13-5-3-2-4-6-13)9-10-18(15)28-21(16)23-20(17)25/h2-6,9-12H,7-8H2,1H3,(H,23,25). The average Bonchev–Trinajstić information content (AvgIpc) is 2.72. The van der Waals surface area contributed by atoms with Gasteiger partial charge >= 0.3 is 5.97 Å². The van der Waals surface area contributed by atoms with Crippen molar-refractivity contribution in [3.05, 3.63) is 91.9 Å². The second kappa shape index (κ2) is 7.15. The quantitative estimate of drug-likeness (QED) is 0.437. The molecule has 2 aromatic carbocycles. The Bertz CT molecular complexity index is 1300. The maximum absolute atomic E-state index is 13.0. The zero-order valence-electron chi connectivity index (χ0n) is 15.2. The Kier molecular flexibility index (Phi) is 4.53. The van der Waals surface area contributed by atoms with E-state index >= 15 is 0 Å². The summed E-state index contributed by atoms with van der Waals surface area (Å²) >= 11 is 0. The molecule has 0 radical (unpaired) electrons. The van der Waals surface area contributed by atoms with Crippen molar-refractivity contribution in [2.75, 3.05) is 7.11 Å². The van der Waals surface area contributed by atoms with E-state index in [4.69, 9.17) is 4.42 Å². The van der Waals surface area contributed by atoms with Crippen LogP contribution in [0.2, 0.25) is 0 Å². The van der Waals surface area contributed by atoms with Gasteiger partial charge in [0.05, 0.1) is 17.9 Å². The summed E-state index contributed by atoms with van der Waals surface area (Å²) in [7, 11) is 1.17. The smallest absolute Gasteiger partial charge is 0.343 e. The molecule has 0 amide bonds. The minimum Gasteiger partial charge on any atom is -0.465 e. The number of ether oxygens (including phenoxy) is 1. The first-order chi connectivity index (χ1) is 13.6.